The molecule has 0 saturated carbocycles. The van der Waals surface area contributed by atoms with Crippen molar-refractivity contribution < 1.29 is 18.8 Å². The van der Waals surface area contributed by atoms with Gasteiger partial charge in [-0.25, -0.2) is 14.6 Å². The number of carbonyl (C=O) groups excluding carboxylic acids is 3. The molecule has 1 atom stereocenters. The van der Waals surface area contributed by atoms with E-state index in [0.717, 1.165) is 0 Å². The third-order valence-corrected chi connectivity index (χ3v) is 4.46. The highest BCUT2D eigenvalue weighted by Gasteiger charge is 2.28. The number of furan rings is 1. The van der Waals surface area contributed by atoms with Gasteiger partial charge in [0.1, 0.15) is 11.7 Å². The van der Waals surface area contributed by atoms with Crippen LogP contribution in [0.3, 0.4) is 0 Å². The summed E-state index contributed by atoms with van der Waals surface area (Å²) in [7, 11) is 0. The van der Waals surface area contributed by atoms with Gasteiger partial charge in [0.05, 0.1) is 12.5 Å². The molecule has 150 valence electrons. The largest absolute Gasteiger partial charge is 0.446 e. The predicted octanol–water partition coefficient (Wildman–Crippen LogP) is 0.804. The van der Waals surface area contributed by atoms with Crippen LogP contribution in [0.2, 0.25) is 0 Å². The zero-order chi connectivity index (χ0) is 21.1. The summed E-state index contributed by atoms with van der Waals surface area (Å²) in [5.74, 6) is -2.25. The minimum Gasteiger partial charge on any atom is -0.446 e. The van der Waals surface area contributed by atoms with Crippen molar-refractivity contribution in [3.63, 3.8) is 0 Å². The third kappa shape index (κ3) is 3.65. The molecule has 0 aliphatic carbocycles. The molecule has 1 unspecified atom stereocenters. The van der Waals surface area contributed by atoms with Gasteiger partial charge in [0, 0.05) is 29.8 Å². The molecule has 4 rings (SSSR count). The first kappa shape index (κ1) is 19.0. The number of pyridine rings is 2. The highest BCUT2D eigenvalue weighted by atomic mass is 16.3. The number of ketones is 1. The molecule has 0 aliphatic rings. The maximum absolute atomic E-state index is 12.9. The van der Waals surface area contributed by atoms with Crippen LogP contribution in [0.25, 0.3) is 16.9 Å². The summed E-state index contributed by atoms with van der Waals surface area (Å²) < 4.78 is 6.70. The summed E-state index contributed by atoms with van der Waals surface area (Å²) >= 11 is 0. The van der Waals surface area contributed by atoms with Crippen molar-refractivity contribution in [2.45, 2.75) is 12.5 Å². The Morgan fingerprint density at radius 2 is 1.90 bits per heavy atom. The van der Waals surface area contributed by atoms with Gasteiger partial charge in [-0.1, -0.05) is 6.07 Å². The number of primary amides is 1. The van der Waals surface area contributed by atoms with Gasteiger partial charge < -0.3 is 15.5 Å². The van der Waals surface area contributed by atoms with Gasteiger partial charge in [0.15, 0.2) is 5.82 Å². The van der Waals surface area contributed by atoms with Crippen molar-refractivity contribution in [3.8, 4) is 5.82 Å². The Morgan fingerprint density at radius 1 is 1.07 bits per heavy atom. The van der Waals surface area contributed by atoms with E-state index in [4.69, 9.17) is 10.2 Å². The molecule has 10 nitrogen and oxygen atoms in total. The third-order valence-electron chi connectivity index (χ3n) is 4.46. The quantitative estimate of drug-likeness (QED) is 0.433. The van der Waals surface area contributed by atoms with Crippen molar-refractivity contribution >= 4 is 28.7 Å². The van der Waals surface area contributed by atoms with E-state index in [1.54, 1.807) is 42.7 Å². The van der Waals surface area contributed by atoms with Crippen LogP contribution < -0.4 is 11.1 Å². The number of amides is 2. The lowest BCUT2D eigenvalue weighted by Crippen LogP contribution is -2.47. The van der Waals surface area contributed by atoms with Gasteiger partial charge in [-0.15, -0.1) is 0 Å². The van der Waals surface area contributed by atoms with E-state index in [1.807, 2.05) is 0 Å². The van der Waals surface area contributed by atoms with Crippen LogP contribution in [0.5, 0.6) is 0 Å². The first-order chi connectivity index (χ1) is 14.5. The Hall–Kier alpha value is -4.34. The zero-order valence-electron chi connectivity index (χ0n) is 15.6. The van der Waals surface area contributed by atoms with E-state index in [0.29, 0.717) is 22.5 Å². The molecule has 0 saturated heterocycles. The molecule has 4 heterocycles. The van der Waals surface area contributed by atoms with Crippen LogP contribution in [0.15, 0.2) is 65.7 Å². The number of hydrogen-bond acceptors (Lipinski definition) is 7. The Labute approximate surface area is 169 Å². The van der Waals surface area contributed by atoms with Gasteiger partial charge in [0.25, 0.3) is 11.8 Å². The van der Waals surface area contributed by atoms with Crippen LogP contribution in [0, 0.1) is 0 Å². The number of carbonyl (C=O) groups is 3. The number of Topliss-reactive ketones (excluding diaryl/α,β-unsaturated/α-hetero) is 1. The van der Waals surface area contributed by atoms with E-state index >= 15 is 0 Å². The van der Waals surface area contributed by atoms with Crippen molar-refractivity contribution in [1.82, 2.24) is 25.1 Å². The number of rotatable bonds is 7. The van der Waals surface area contributed by atoms with Crippen molar-refractivity contribution in [2.75, 3.05) is 0 Å². The normalized spacial score (nSPS) is 11.9. The van der Waals surface area contributed by atoms with E-state index < -0.39 is 23.6 Å². The maximum atomic E-state index is 12.9. The summed E-state index contributed by atoms with van der Waals surface area (Å²) in [5, 5.41) is 7.35. The maximum Gasteiger partial charge on any atom is 0.287 e. The Bertz CT molecular complexity index is 1230. The number of aromatic nitrogens is 4. The number of nitrogens with two attached hydrogens (primary N) is 1. The molecular formula is C20H16N6O4. The Morgan fingerprint density at radius 3 is 2.67 bits per heavy atom. The molecule has 0 aromatic carbocycles. The fourth-order valence-corrected chi connectivity index (χ4v) is 3.05. The number of hydrogen-bond donors (Lipinski definition) is 2. The number of nitrogens with zero attached hydrogens (tertiary/aromatic N) is 4. The second kappa shape index (κ2) is 7.95. The van der Waals surface area contributed by atoms with E-state index in [2.05, 4.69) is 20.4 Å². The molecule has 3 N–H and O–H groups in total. The topological polar surface area (TPSA) is 146 Å². The SMILES string of the molecule is NC(=O)C(=O)C(Cc1coc2ncccc12)NC(=O)c1ccnn1-c1ccccn1. The molecule has 0 aliphatic heterocycles. The standard InChI is InChI=1S/C20H16N6O4/c21-18(28)17(27)14(10-12-11-30-20-13(12)4-3-8-23-20)25-19(29)15-6-9-24-26(15)16-5-1-2-7-22-16/h1-9,11,14H,10H2,(H2,21,28)(H,25,29). The first-order valence-electron chi connectivity index (χ1n) is 8.95. The van der Waals surface area contributed by atoms with Crippen molar-refractivity contribution in [3.05, 3.63) is 72.5 Å². The van der Waals surface area contributed by atoms with E-state index in [9.17, 15) is 14.4 Å². The first-order valence-corrected chi connectivity index (χ1v) is 8.95. The highest BCUT2D eigenvalue weighted by Crippen LogP contribution is 2.20. The number of nitrogens with one attached hydrogen (secondary N) is 1. The average molecular weight is 404 g/mol. The minimum absolute atomic E-state index is 0.00390. The van der Waals surface area contributed by atoms with Gasteiger partial charge >= 0.3 is 0 Å². The summed E-state index contributed by atoms with van der Waals surface area (Å²) in [6.45, 7) is 0. The Balaban J connectivity index is 1.62. The fourth-order valence-electron chi connectivity index (χ4n) is 3.05. The Kier molecular flexibility index (Phi) is 5.04. The minimum atomic E-state index is -1.19. The lowest BCUT2D eigenvalue weighted by atomic mass is 10.0. The molecular weight excluding hydrogens is 388 g/mol. The van der Waals surface area contributed by atoms with Gasteiger partial charge in [0.2, 0.25) is 11.5 Å². The smallest absolute Gasteiger partial charge is 0.287 e. The van der Waals surface area contributed by atoms with Crippen LogP contribution >= 0.6 is 0 Å². The van der Waals surface area contributed by atoms with Crippen molar-refractivity contribution in [1.29, 1.82) is 0 Å². The summed E-state index contributed by atoms with van der Waals surface area (Å²) in [6, 6.07) is 8.94. The van der Waals surface area contributed by atoms with Crippen LogP contribution in [-0.4, -0.2) is 43.4 Å². The zero-order valence-corrected chi connectivity index (χ0v) is 15.6. The average Bonchev–Trinajstić information content (AvgIpc) is 3.41. The van der Waals surface area contributed by atoms with Crippen LogP contribution in [0.1, 0.15) is 16.1 Å². The summed E-state index contributed by atoms with van der Waals surface area (Å²) in [4.78, 5) is 45.1. The predicted molar refractivity (Wildman–Crippen MR) is 105 cm³/mol. The molecule has 10 heteroatoms. The summed E-state index contributed by atoms with van der Waals surface area (Å²) in [6.07, 6.45) is 6.01. The molecule has 4 aromatic rings. The van der Waals surface area contributed by atoms with E-state index in [1.165, 1.54) is 23.2 Å². The lowest BCUT2D eigenvalue weighted by molar-refractivity contribution is -0.137. The lowest BCUT2D eigenvalue weighted by Gasteiger charge is -2.16. The molecule has 0 fully saturated rings. The highest BCUT2D eigenvalue weighted by molar-refractivity contribution is 6.38. The fraction of sp³-hybridized carbons (Fsp3) is 0.100. The molecule has 4 aromatic heterocycles. The molecule has 0 radical (unpaired) electrons. The van der Waals surface area contributed by atoms with Gasteiger partial charge in [-0.05, 0) is 30.3 Å². The second-order valence-corrected chi connectivity index (χ2v) is 6.39. The molecule has 0 bridgehead atoms. The molecule has 0 spiro atoms. The van der Waals surface area contributed by atoms with E-state index in [-0.39, 0.29) is 12.1 Å². The molecule has 2 amide bonds. The van der Waals surface area contributed by atoms with Gasteiger partial charge in [-0.3, -0.25) is 14.4 Å². The summed E-state index contributed by atoms with van der Waals surface area (Å²) in [5.41, 5.74) is 6.33. The van der Waals surface area contributed by atoms with Crippen LogP contribution in [0.4, 0.5) is 0 Å². The van der Waals surface area contributed by atoms with Crippen molar-refractivity contribution in [2.24, 2.45) is 5.73 Å². The van der Waals surface area contributed by atoms with Gasteiger partial charge in [-0.2, -0.15) is 5.10 Å². The molecule has 30 heavy (non-hydrogen) atoms. The monoisotopic (exact) mass is 404 g/mol. The van der Waals surface area contributed by atoms with Crippen LogP contribution in [-0.2, 0) is 16.0 Å². The second-order valence-electron chi connectivity index (χ2n) is 6.39. The number of fused-ring (bicyclic) bond motifs is 1.